The highest BCUT2D eigenvalue weighted by Crippen LogP contribution is 2.17. The largest absolute Gasteiger partial charge is 0.452 e. The van der Waals surface area contributed by atoms with Crippen molar-refractivity contribution in [2.75, 3.05) is 11.9 Å². The average Bonchev–Trinajstić information content (AvgIpc) is 2.59. The Bertz CT molecular complexity index is 823. The minimum Gasteiger partial charge on any atom is -0.452 e. The second-order valence-corrected chi connectivity index (χ2v) is 6.12. The van der Waals surface area contributed by atoms with Gasteiger partial charge in [-0.15, -0.1) is 0 Å². The first kappa shape index (κ1) is 19.5. The van der Waals surface area contributed by atoms with Crippen molar-refractivity contribution in [2.24, 2.45) is 0 Å². The fraction of sp³-hybridized carbons (Fsp3) is 0.211. The van der Waals surface area contributed by atoms with Gasteiger partial charge in [-0.05, 0) is 42.8 Å². The summed E-state index contributed by atoms with van der Waals surface area (Å²) in [6, 6.07) is 13.2. The van der Waals surface area contributed by atoms with Gasteiger partial charge in [0.25, 0.3) is 5.91 Å². The number of hydrogen-bond acceptors (Lipinski definition) is 4. The van der Waals surface area contributed by atoms with Gasteiger partial charge in [-0.25, -0.2) is 4.79 Å². The van der Waals surface area contributed by atoms with Crippen molar-refractivity contribution in [3.05, 3.63) is 64.7 Å². The van der Waals surface area contributed by atoms with E-state index in [1.54, 1.807) is 36.4 Å². The first-order valence-corrected chi connectivity index (χ1v) is 8.32. The lowest BCUT2D eigenvalue weighted by Gasteiger charge is -2.14. The van der Waals surface area contributed by atoms with E-state index in [2.05, 4.69) is 10.6 Å². The molecule has 0 aliphatic heterocycles. The van der Waals surface area contributed by atoms with E-state index >= 15 is 0 Å². The summed E-state index contributed by atoms with van der Waals surface area (Å²) in [6.07, 6.45) is 0. The number of benzene rings is 2. The standard InChI is InChI=1S/C19H19ClN2O4/c1-12(14-5-3-7-16(20)9-14)21-18(24)11-26-19(25)15-6-4-8-17(10-15)22-13(2)23/h3-10,12H,11H2,1-2H3,(H,21,24)(H,22,23). The van der Waals surface area contributed by atoms with Crippen LogP contribution in [0.3, 0.4) is 0 Å². The lowest BCUT2D eigenvalue weighted by Crippen LogP contribution is -2.31. The Labute approximate surface area is 156 Å². The van der Waals surface area contributed by atoms with E-state index in [9.17, 15) is 14.4 Å². The predicted molar refractivity (Wildman–Crippen MR) is 99.0 cm³/mol. The number of anilines is 1. The zero-order valence-corrected chi connectivity index (χ0v) is 15.2. The maximum atomic E-state index is 12.1. The summed E-state index contributed by atoms with van der Waals surface area (Å²) < 4.78 is 5.02. The molecule has 0 aliphatic rings. The summed E-state index contributed by atoms with van der Waals surface area (Å²) >= 11 is 5.93. The van der Waals surface area contributed by atoms with Gasteiger partial charge in [0.1, 0.15) is 0 Å². The van der Waals surface area contributed by atoms with Crippen molar-refractivity contribution in [1.82, 2.24) is 5.32 Å². The highest BCUT2D eigenvalue weighted by molar-refractivity contribution is 6.30. The summed E-state index contributed by atoms with van der Waals surface area (Å²) in [5.41, 5.74) is 1.57. The third-order valence-electron chi connectivity index (χ3n) is 3.48. The molecule has 0 aliphatic carbocycles. The molecule has 6 nitrogen and oxygen atoms in total. The Kier molecular flexibility index (Phi) is 6.74. The van der Waals surface area contributed by atoms with E-state index in [1.165, 1.54) is 13.0 Å². The van der Waals surface area contributed by atoms with Crippen molar-refractivity contribution in [1.29, 1.82) is 0 Å². The van der Waals surface area contributed by atoms with Gasteiger partial charge in [-0.3, -0.25) is 9.59 Å². The molecule has 2 aromatic rings. The summed E-state index contributed by atoms with van der Waals surface area (Å²) in [7, 11) is 0. The Morgan fingerprint density at radius 1 is 1.12 bits per heavy atom. The van der Waals surface area contributed by atoms with Gasteiger partial charge >= 0.3 is 5.97 Å². The highest BCUT2D eigenvalue weighted by atomic mass is 35.5. The number of hydrogen-bond donors (Lipinski definition) is 2. The molecule has 0 aromatic heterocycles. The van der Waals surface area contributed by atoms with Crippen LogP contribution in [-0.4, -0.2) is 24.4 Å². The van der Waals surface area contributed by atoms with Crippen LogP contribution in [0.2, 0.25) is 5.02 Å². The first-order valence-electron chi connectivity index (χ1n) is 7.95. The molecule has 0 saturated heterocycles. The van der Waals surface area contributed by atoms with E-state index in [0.717, 1.165) is 5.56 Å². The number of esters is 1. The van der Waals surface area contributed by atoms with Gasteiger partial charge < -0.3 is 15.4 Å². The lowest BCUT2D eigenvalue weighted by atomic mass is 10.1. The third kappa shape index (κ3) is 5.89. The minimum atomic E-state index is -0.650. The van der Waals surface area contributed by atoms with Gasteiger partial charge in [0, 0.05) is 17.6 Å². The fourth-order valence-corrected chi connectivity index (χ4v) is 2.48. The number of amides is 2. The highest BCUT2D eigenvalue weighted by Gasteiger charge is 2.14. The molecule has 0 heterocycles. The molecular formula is C19H19ClN2O4. The van der Waals surface area contributed by atoms with Crippen LogP contribution in [0.4, 0.5) is 5.69 Å². The number of ether oxygens (including phenoxy) is 1. The zero-order valence-electron chi connectivity index (χ0n) is 14.4. The van der Waals surface area contributed by atoms with Crippen molar-refractivity contribution in [2.45, 2.75) is 19.9 Å². The molecule has 2 aromatic carbocycles. The monoisotopic (exact) mass is 374 g/mol. The minimum absolute atomic E-state index is 0.243. The Morgan fingerprint density at radius 2 is 1.85 bits per heavy atom. The number of halogens is 1. The first-order chi connectivity index (χ1) is 12.3. The number of rotatable bonds is 6. The SMILES string of the molecule is CC(=O)Nc1cccc(C(=O)OCC(=O)NC(C)c2cccc(Cl)c2)c1. The van der Waals surface area contributed by atoms with Crippen molar-refractivity contribution >= 4 is 35.1 Å². The van der Waals surface area contributed by atoms with Crippen LogP contribution in [0.15, 0.2) is 48.5 Å². The van der Waals surface area contributed by atoms with Gasteiger partial charge in [-0.1, -0.05) is 29.8 Å². The number of carbonyl (C=O) groups excluding carboxylic acids is 3. The molecule has 0 fully saturated rings. The van der Waals surface area contributed by atoms with Crippen molar-refractivity contribution < 1.29 is 19.1 Å². The Morgan fingerprint density at radius 3 is 2.54 bits per heavy atom. The van der Waals surface area contributed by atoms with Crippen LogP contribution in [-0.2, 0) is 14.3 Å². The molecule has 1 atom stereocenters. The van der Waals surface area contributed by atoms with E-state index in [4.69, 9.17) is 16.3 Å². The van der Waals surface area contributed by atoms with Crippen LogP contribution in [0.5, 0.6) is 0 Å². The smallest absolute Gasteiger partial charge is 0.338 e. The Balaban J connectivity index is 1.88. The normalized spacial score (nSPS) is 11.3. The van der Waals surface area contributed by atoms with Crippen molar-refractivity contribution in [3.8, 4) is 0 Å². The molecule has 0 spiro atoms. The molecule has 136 valence electrons. The van der Waals surface area contributed by atoms with Crippen LogP contribution >= 0.6 is 11.6 Å². The maximum Gasteiger partial charge on any atom is 0.338 e. The number of nitrogens with one attached hydrogen (secondary N) is 2. The molecule has 2 rings (SSSR count). The van der Waals surface area contributed by atoms with Crippen LogP contribution in [0, 0.1) is 0 Å². The second-order valence-electron chi connectivity index (χ2n) is 5.68. The molecule has 0 bridgehead atoms. The fourth-order valence-electron chi connectivity index (χ4n) is 2.28. The number of carbonyl (C=O) groups is 3. The molecule has 1 unspecified atom stereocenters. The van der Waals surface area contributed by atoms with Gasteiger partial charge in [0.2, 0.25) is 5.91 Å². The molecule has 26 heavy (non-hydrogen) atoms. The quantitative estimate of drug-likeness (QED) is 0.759. The van der Waals surface area contributed by atoms with E-state index < -0.39 is 18.5 Å². The van der Waals surface area contributed by atoms with Gasteiger partial charge in [0.15, 0.2) is 6.61 Å². The van der Waals surface area contributed by atoms with E-state index in [1.807, 2.05) is 13.0 Å². The second kappa shape index (κ2) is 9.01. The average molecular weight is 375 g/mol. The van der Waals surface area contributed by atoms with Crippen molar-refractivity contribution in [3.63, 3.8) is 0 Å². The van der Waals surface area contributed by atoms with Gasteiger partial charge in [-0.2, -0.15) is 0 Å². The summed E-state index contributed by atoms with van der Waals surface area (Å²) in [6.45, 7) is 2.77. The third-order valence-corrected chi connectivity index (χ3v) is 3.71. The Hall–Kier alpha value is -2.86. The van der Waals surface area contributed by atoms with Crippen LogP contribution in [0.1, 0.15) is 35.8 Å². The lowest BCUT2D eigenvalue weighted by molar-refractivity contribution is -0.124. The molecule has 0 radical (unpaired) electrons. The maximum absolute atomic E-state index is 12.1. The van der Waals surface area contributed by atoms with Crippen LogP contribution < -0.4 is 10.6 Å². The van der Waals surface area contributed by atoms with E-state index in [0.29, 0.717) is 10.7 Å². The van der Waals surface area contributed by atoms with Crippen LogP contribution in [0.25, 0.3) is 0 Å². The molecule has 7 heteroatoms. The summed E-state index contributed by atoms with van der Waals surface area (Å²) in [5.74, 6) is -1.32. The zero-order chi connectivity index (χ0) is 19.1. The van der Waals surface area contributed by atoms with E-state index in [-0.39, 0.29) is 17.5 Å². The summed E-state index contributed by atoms with van der Waals surface area (Å²) in [5, 5.41) is 5.89. The molecule has 2 amide bonds. The molecule has 0 saturated carbocycles. The topological polar surface area (TPSA) is 84.5 Å². The summed E-state index contributed by atoms with van der Waals surface area (Å²) in [4.78, 5) is 35.1. The van der Waals surface area contributed by atoms with Gasteiger partial charge in [0.05, 0.1) is 11.6 Å². The predicted octanol–water partition coefficient (Wildman–Crippen LogP) is 3.33. The molecule has 2 N–H and O–H groups in total. The molecular weight excluding hydrogens is 356 g/mol.